The van der Waals surface area contributed by atoms with E-state index in [-0.39, 0.29) is 12.7 Å². The Hall–Kier alpha value is -2.70. The molecule has 0 aliphatic carbocycles. The highest BCUT2D eigenvalue weighted by molar-refractivity contribution is 7.98. The summed E-state index contributed by atoms with van der Waals surface area (Å²) in [6.07, 6.45) is 0.671. The molecule has 0 radical (unpaired) electrons. The molecule has 8 atom stereocenters. The fraction of sp³-hybridized carbons (Fsp3) is 0.654. The van der Waals surface area contributed by atoms with Crippen LogP contribution in [0.3, 0.4) is 0 Å². The molecule has 0 aromatic carbocycles. The topological polar surface area (TPSA) is 174 Å². The normalized spacial score (nSPS) is 34.7. The second-order valence-electron chi connectivity index (χ2n) is 11.6. The van der Waals surface area contributed by atoms with Gasteiger partial charge in [-0.3, -0.25) is 18.9 Å². The van der Waals surface area contributed by atoms with Crippen LogP contribution < -0.4 is 11.2 Å². The van der Waals surface area contributed by atoms with Crippen molar-refractivity contribution in [2.75, 3.05) is 12.4 Å². The quantitative estimate of drug-likeness (QED) is 0.381. The second kappa shape index (κ2) is 10.2. The molecule has 4 aliphatic heterocycles. The van der Waals surface area contributed by atoms with Crippen molar-refractivity contribution in [2.45, 2.75) is 94.1 Å². The lowest BCUT2D eigenvalue weighted by molar-refractivity contribution is -0.199. The minimum Gasteiger partial charge on any atom is -0.394 e. The molecule has 7 rings (SSSR count). The average molecular weight is 605 g/mol. The van der Waals surface area contributed by atoms with Crippen molar-refractivity contribution in [2.24, 2.45) is 0 Å². The molecule has 3 aromatic heterocycles. The van der Waals surface area contributed by atoms with Gasteiger partial charge in [-0.15, -0.1) is 0 Å². The summed E-state index contributed by atoms with van der Waals surface area (Å²) in [5.74, 6) is -0.0804. The van der Waals surface area contributed by atoms with E-state index in [1.54, 1.807) is 28.9 Å². The maximum absolute atomic E-state index is 12.5. The zero-order valence-corrected chi connectivity index (χ0v) is 24.2. The van der Waals surface area contributed by atoms with Gasteiger partial charge in [-0.25, -0.2) is 19.7 Å². The number of hydrogen-bond donors (Lipinski definition) is 2. The summed E-state index contributed by atoms with van der Waals surface area (Å²) in [6.45, 7) is 7.10. The van der Waals surface area contributed by atoms with Gasteiger partial charge in [0.25, 0.3) is 5.56 Å². The Morgan fingerprint density at radius 2 is 1.57 bits per heavy atom. The van der Waals surface area contributed by atoms with Crippen molar-refractivity contribution in [1.29, 1.82) is 0 Å². The fourth-order valence-corrected chi connectivity index (χ4v) is 7.00. The minimum atomic E-state index is -0.849. The van der Waals surface area contributed by atoms with E-state index in [0.717, 1.165) is 0 Å². The van der Waals surface area contributed by atoms with E-state index in [1.807, 2.05) is 27.7 Å². The van der Waals surface area contributed by atoms with Gasteiger partial charge in [0.15, 0.2) is 29.7 Å². The first kappa shape index (κ1) is 28.1. The zero-order chi connectivity index (χ0) is 29.4. The zero-order valence-electron chi connectivity index (χ0n) is 23.4. The molecule has 15 nitrogen and oxygen atoms in total. The number of aromatic nitrogens is 6. The number of nitrogens with zero attached hydrogens (tertiary/aromatic N) is 5. The molecule has 42 heavy (non-hydrogen) atoms. The predicted molar refractivity (Wildman–Crippen MR) is 145 cm³/mol. The van der Waals surface area contributed by atoms with Crippen molar-refractivity contribution in [3.63, 3.8) is 0 Å². The highest BCUT2D eigenvalue weighted by atomic mass is 32.2. The lowest BCUT2D eigenvalue weighted by Gasteiger charge is -2.24. The number of imidazole rings is 1. The summed E-state index contributed by atoms with van der Waals surface area (Å²) >= 11 is 1.56. The number of H-pyrrole nitrogens is 1. The number of aromatic amines is 1. The molecule has 4 fully saturated rings. The van der Waals surface area contributed by atoms with E-state index < -0.39 is 65.8 Å². The van der Waals surface area contributed by atoms with Crippen molar-refractivity contribution >= 4 is 22.9 Å². The molecule has 0 unspecified atom stereocenters. The third kappa shape index (κ3) is 4.89. The van der Waals surface area contributed by atoms with E-state index in [0.29, 0.717) is 28.5 Å². The highest BCUT2D eigenvalue weighted by Crippen LogP contribution is 2.45. The molecule has 4 saturated heterocycles. The van der Waals surface area contributed by atoms with Crippen molar-refractivity contribution in [3.8, 4) is 0 Å². The van der Waals surface area contributed by atoms with E-state index in [9.17, 15) is 14.7 Å². The standard InChI is InChI=1S/C26H32N6O9S/c1-25(2)38-17-13(8-33)36-23(19(17)40-25)32-11-28-12-7-27-15(29-21(12)32)10-42-9-14-18-20(41-26(3,4)39-18)22(37-14)31-6-5-16(34)30-24(31)35/h5-7,11,13-14,17-20,22-23,33H,8-10H2,1-4H3,(H,30,34,35)/t13-,14-,17-,18-,19-,20-,22-,23-/m1/s1. The first-order valence-electron chi connectivity index (χ1n) is 13.7. The maximum atomic E-state index is 12.5. The summed E-state index contributed by atoms with van der Waals surface area (Å²) in [4.78, 5) is 40.0. The molecule has 0 bridgehead atoms. The van der Waals surface area contributed by atoms with Gasteiger partial charge in [0, 0.05) is 18.0 Å². The van der Waals surface area contributed by atoms with Crippen LogP contribution in [0.1, 0.15) is 46.0 Å². The number of nitrogens with one attached hydrogen (secondary N) is 1. The largest absolute Gasteiger partial charge is 0.394 e. The molecule has 7 heterocycles. The molecule has 16 heteroatoms. The van der Waals surface area contributed by atoms with Crippen LogP contribution in [0.2, 0.25) is 0 Å². The smallest absolute Gasteiger partial charge is 0.330 e. The summed E-state index contributed by atoms with van der Waals surface area (Å²) in [5, 5.41) is 9.86. The fourth-order valence-electron chi connectivity index (χ4n) is 6.06. The monoisotopic (exact) mass is 604 g/mol. The third-order valence-corrected chi connectivity index (χ3v) is 8.74. The van der Waals surface area contributed by atoms with Crippen LogP contribution >= 0.6 is 11.8 Å². The molecule has 226 valence electrons. The summed E-state index contributed by atoms with van der Waals surface area (Å²) < 4.78 is 39.8. The van der Waals surface area contributed by atoms with Gasteiger partial charge in [0.1, 0.15) is 41.9 Å². The maximum Gasteiger partial charge on any atom is 0.330 e. The van der Waals surface area contributed by atoms with Gasteiger partial charge in [-0.05, 0) is 27.7 Å². The van der Waals surface area contributed by atoms with Gasteiger partial charge in [0.2, 0.25) is 0 Å². The number of thioether (sulfide) groups is 1. The third-order valence-electron chi connectivity index (χ3n) is 7.71. The Morgan fingerprint density at radius 3 is 2.26 bits per heavy atom. The van der Waals surface area contributed by atoms with Crippen molar-refractivity contribution < 1.29 is 33.5 Å². The van der Waals surface area contributed by atoms with Crippen LogP contribution in [0.25, 0.3) is 11.2 Å². The van der Waals surface area contributed by atoms with Gasteiger partial charge >= 0.3 is 5.69 Å². The molecule has 0 spiro atoms. The summed E-state index contributed by atoms with van der Waals surface area (Å²) in [7, 11) is 0. The van der Waals surface area contributed by atoms with Crippen LogP contribution in [-0.4, -0.2) is 94.7 Å². The lowest BCUT2D eigenvalue weighted by atomic mass is 10.1. The number of rotatable bonds is 7. The Balaban J connectivity index is 1.07. The first-order valence-corrected chi connectivity index (χ1v) is 14.9. The summed E-state index contributed by atoms with van der Waals surface area (Å²) in [5.41, 5.74) is 0.123. The number of aliphatic hydroxyl groups is 1. The predicted octanol–water partition coefficient (Wildman–Crippen LogP) is 0.437. The highest BCUT2D eigenvalue weighted by Gasteiger charge is 2.57. The van der Waals surface area contributed by atoms with Crippen LogP contribution in [0.4, 0.5) is 0 Å². The molecule has 3 aromatic rings. The van der Waals surface area contributed by atoms with E-state index in [2.05, 4.69) is 15.0 Å². The Morgan fingerprint density at radius 1 is 0.929 bits per heavy atom. The second-order valence-corrected chi connectivity index (χ2v) is 12.7. The lowest BCUT2D eigenvalue weighted by Crippen LogP contribution is -2.37. The molecule has 0 amide bonds. The van der Waals surface area contributed by atoms with E-state index in [1.165, 1.54) is 16.8 Å². The van der Waals surface area contributed by atoms with Crippen molar-refractivity contribution in [3.05, 3.63) is 51.4 Å². The van der Waals surface area contributed by atoms with Gasteiger partial charge in [-0.1, -0.05) is 0 Å². The van der Waals surface area contributed by atoms with E-state index >= 15 is 0 Å². The van der Waals surface area contributed by atoms with Gasteiger partial charge < -0.3 is 33.5 Å². The molecular formula is C26H32N6O9S. The number of ether oxygens (including phenoxy) is 6. The van der Waals surface area contributed by atoms with Crippen LogP contribution in [0.5, 0.6) is 0 Å². The van der Waals surface area contributed by atoms with Crippen molar-refractivity contribution in [1.82, 2.24) is 29.1 Å². The van der Waals surface area contributed by atoms with Gasteiger partial charge in [0.05, 0.1) is 31.0 Å². The van der Waals surface area contributed by atoms with Crippen LogP contribution in [0.15, 0.2) is 34.4 Å². The van der Waals surface area contributed by atoms with E-state index in [4.69, 9.17) is 33.4 Å². The number of hydrogen-bond acceptors (Lipinski definition) is 13. The SMILES string of the molecule is CC1(C)O[C@@H]2[C@H](O1)[C@@H](CSCc1ncc3ncn([C@@H]4O[C@H](CO)[C@H]5OC(C)(C)O[C@H]54)c3n1)O[C@H]2n1ccc(=O)[nH]c1=O. The Labute approximate surface area is 243 Å². The molecule has 0 saturated carbocycles. The first-order chi connectivity index (χ1) is 20.0. The molecular weight excluding hydrogens is 572 g/mol. The van der Waals surface area contributed by atoms with Gasteiger partial charge in [-0.2, -0.15) is 11.8 Å². The number of aliphatic hydroxyl groups excluding tert-OH is 1. The Bertz CT molecular complexity index is 1610. The minimum absolute atomic E-state index is 0.199. The number of fused-ring (bicyclic) bond motifs is 3. The average Bonchev–Trinajstić information content (AvgIpc) is 3.70. The summed E-state index contributed by atoms with van der Waals surface area (Å²) in [6, 6.07) is 1.27. The van der Waals surface area contributed by atoms with Crippen LogP contribution in [0, 0.1) is 0 Å². The Kier molecular flexibility index (Phi) is 6.82. The van der Waals surface area contributed by atoms with Crippen LogP contribution in [-0.2, 0) is 34.2 Å². The molecule has 4 aliphatic rings. The molecule has 2 N–H and O–H groups in total.